The molecule has 0 unspecified atom stereocenters. The first-order valence-corrected chi connectivity index (χ1v) is 7.12. The molecule has 0 radical (unpaired) electrons. The lowest BCUT2D eigenvalue weighted by Crippen LogP contribution is -2.29. The van der Waals surface area contributed by atoms with Gasteiger partial charge in [-0.1, -0.05) is 5.16 Å². The fraction of sp³-hybridized carbons (Fsp3) is 0.533. The molecule has 0 spiro atoms. The van der Waals surface area contributed by atoms with E-state index in [1.807, 2.05) is 7.05 Å². The van der Waals surface area contributed by atoms with E-state index in [1.165, 1.54) is 12.1 Å². The van der Waals surface area contributed by atoms with Crippen LogP contribution >= 0.6 is 0 Å². The molecule has 1 heterocycles. The lowest BCUT2D eigenvalue weighted by Gasteiger charge is -2.27. The number of nitrogens with zero attached hydrogens (tertiary/aromatic N) is 2. The van der Waals surface area contributed by atoms with Crippen molar-refractivity contribution in [2.45, 2.75) is 19.4 Å². The molecule has 0 amide bonds. The third-order valence-corrected chi connectivity index (χ3v) is 3.72. The minimum Gasteiger partial charge on any atom is -0.409 e. The Morgan fingerprint density at radius 3 is 2.81 bits per heavy atom. The van der Waals surface area contributed by atoms with Gasteiger partial charge in [0, 0.05) is 31.9 Å². The molecule has 0 atom stereocenters. The lowest BCUT2D eigenvalue weighted by molar-refractivity contribution is 0.0549. The van der Waals surface area contributed by atoms with E-state index in [1.54, 1.807) is 6.07 Å². The summed E-state index contributed by atoms with van der Waals surface area (Å²) in [5.74, 6) is 0.164. The normalized spacial score (nSPS) is 17.4. The van der Waals surface area contributed by atoms with E-state index < -0.39 is 0 Å². The molecule has 1 aromatic rings. The molecule has 1 aliphatic heterocycles. The Kier molecular flexibility index (Phi) is 5.52. The predicted octanol–water partition coefficient (Wildman–Crippen LogP) is 1.78. The van der Waals surface area contributed by atoms with Gasteiger partial charge in [-0.15, -0.1) is 0 Å². The van der Waals surface area contributed by atoms with Crippen LogP contribution < -0.4 is 5.73 Å². The fourth-order valence-electron chi connectivity index (χ4n) is 2.69. The highest BCUT2D eigenvalue weighted by Gasteiger charge is 2.16. The average Bonchev–Trinajstić information content (AvgIpc) is 2.46. The van der Waals surface area contributed by atoms with Crippen molar-refractivity contribution in [1.29, 1.82) is 0 Å². The maximum absolute atomic E-state index is 13.6. The second-order valence-corrected chi connectivity index (χ2v) is 5.59. The molecule has 1 aromatic carbocycles. The molecule has 6 heteroatoms. The summed E-state index contributed by atoms with van der Waals surface area (Å²) < 4.78 is 19.0. The number of benzene rings is 1. The second kappa shape index (κ2) is 7.38. The molecule has 116 valence electrons. The van der Waals surface area contributed by atoms with Crippen LogP contribution in [0.1, 0.15) is 24.0 Å². The molecule has 1 fully saturated rings. The van der Waals surface area contributed by atoms with Crippen LogP contribution in [0.3, 0.4) is 0 Å². The standard InChI is InChI=1S/C15H22FN3O2/c1-19(9-11-2-4-21-5-3-11)10-12-6-13(15(17)18-20)8-14(16)7-12/h6-8,11,20H,2-5,9-10H2,1H3,(H2,17,18). The first kappa shape index (κ1) is 15.7. The van der Waals surface area contributed by atoms with Crippen molar-refractivity contribution in [3.8, 4) is 0 Å². The molecule has 21 heavy (non-hydrogen) atoms. The number of halogens is 1. The first-order valence-electron chi connectivity index (χ1n) is 7.12. The highest BCUT2D eigenvalue weighted by atomic mass is 19.1. The van der Waals surface area contributed by atoms with E-state index in [0.717, 1.165) is 38.2 Å². The predicted molar refractivity (Wildman–Crippen MR) is 78.8 cm³/mol. The maximum Gasteiger partial charge on any atom is 0.170 e. The van der Waals surface area contributed by atoms with Gasteiger partial charge in [-0.3, -0.25) is 0 Å². The van der Waals surface area contributed by atoms with Gasteiger partial charge in [-0.25, -0.2) is 4.39 Å². The quantitative estimate of drug-likeness (QED) is 0.376. The zero-order valence-corrected chi connectivity index (χ0v) is 12.3. The molecule has 1 saturated heterocycles. The highest BCUT2D eigenvalue weighted by molar-refractivity contribution is 5.97. The van der Waals surface area contributed by atoms with E-state index in [4.69, 9.17) is 15.7 Å². The van der Waals surface area contributed by atoms with E-state index in [0.29, 0.717) is 18.0 Å². The topological polar surface area (TPSA) is 71.1 Å². The summed E-state index contributed by atoms with van der Waals surface area (Å²) in [6, 6.07) is 4.49. The lowest BCUT2D eigenvalue weighted by atomic mass is 9.99. The number of oxime groups is 1. The molecule has 0 bridgehead atoms. The molecule has 2 rings (SSSR count). The monoisotopic (exact) mass is 295 g/mol. The number of hydrogen-bond acceptors (Lipinski definition) is 4. The van der Waals surface area contributed by atoms with Gasteiger partial charge in [0.2, 0.25) is 0 Å². The van der Waals surface area contributed by atoms with Gasteiger partial charge in [-0.2, -0.15) is 0 Å². The summed E-state index contributed by atoms with van der Waals surface area (Å²) in [7, 11) is 2.02. The van der Waals surface area contributed by atoms with Gasteiger partial charge in [0.05, 0.1) is 0 Å². The Labute approximate surface area is 124 Å². The minimum atomic E-state index is -0.381. The molecular weight excluding hydrogens is 273 g/mol. The molecule has 0 aromatic heterocycles. The second-order valence-electron chi connectivity index (χ2n) is 5.59. The zero-order chi connectivity index (χ0) is 15.2. The average molecular weight is 295 g/mol. The maximum atomic E-state index is 13.6. The highest BCUT2D eigenvalue weighted by Crippen LogP contribution is 2.17. The number of ether oxygens (including phenoxy) is 1. The van der Waals surface area contributed by atoms with Crippen LogP contribution in [-0.4, -0.2) is 42.7 Å². The Morgan fingerprint density at radius 2 is 2.14 bits per heavy atom. The Bertz CT molecular complexity index is 502. The Hall–Kier alpha value is -1.66. The fourth-order valence-corrected chi connectivity index (χ4v) is 2.69. The van der Waals surface area contributed by atoms with Crippen LogP contribution in [0.4, 0.5) is 4.39 Å². The van der Waals surface area contributed by atoms with E-state index in [2.05, 4.69) is 10.1 Å². The van der Waals surface area contributed by atoms with Gasteiger partial charge in [0.15, 0.2) is 5.84 Å². The SMILES string of the molecule is CN(Cc1cc(F)cc(/C(N)=N/O)c1)CC1CCOCC1. The summed E-state index contributed by atoms with van der Waals surface area (Å²) in [6.07, 6.45) is 2.14. The summed E-state index contributed by atoms with van der Waals surface area (Å²) in [4.78, 5) is 2.17. The van der Waals surface area contributed by atoms with Crippen molar-refractivity contribution in [3.05, 3.63) is 35.1 Å². The van der Waals surface area contributed by atoms with Crippen LogP contribution in [0.5, 0.6) is 0 Å². The van der Waals surface area contributed by atoms with E-state index >= 15 is 0 Å². The van der Waals surface area contributed by atoms with E-state index in [9.17, 15) is 4.39 Å². The Morgan fingerprint density at radius 1 is 1.43 bits per heavy atom. The molecule has 5 nitrogen and oxygen atoms in total. The van der Waals surface area contributed by atoms with Gasteiger partial charge in [0.1, 0.15) is 5.82 Å². The van der Waals surface area contributed by atoms with Gasteiger partial charge < -0.3 is 20.6 Å². The zero-order valence-electron chi connectivity index (χ0n) is 12.3. The van der Waals surface area contributed by atoms with Crippen molar-refractivity contribution in [3.63, 3.8) is 0 Å². The summed E-state index contributed by atoms with van der Waals surface area (Å²) >= 11 is 0. The third-order valence-electron chi connectivity index (χ3n) is 3.72. The van der Waals surface area contributed by atoms with Crippen molar-refractivity contribution in [1.82, 2.24) is 4.90 Å². The number of hydrogen-bond donors (Lipinski definition) is 2. The van der Waals surface area contributed by atoms with Crippen molar-refractivity contribution >= 4 is 5.84 Å². The molecule has 1 aliphatic rings. The van der Waals surface area contributed by atoms with Gasteiger partial charge in [-0.05, 0) is 49.6 Å². The largest absolute Gasteiger partial charge is 0.409 e. The number of nitrogens with two attached hydrogens (primary N) is 1. The van der Waals surface area contributed by atoms with Gasteiger partial charge >= 0.3 is 0 Å². The third kappa shape index (κ3) is 4.68. The van der Waals surface area contributed by atoms with Crippen LogP contribution in [0, 0.1) is 11.7 Å². The number of rotatable bonds is 5. The van der Waals surface area contributed by atoms with Crippen molar-refractivity contribution in [2.75, 3.05) is 26.8 Å². The van der Waals surface area contributed by atoms with Crippen molar-refractivity contribution in [2.24, 2.45) is 16.8 Å². The van der Waals surface area contributed by atoms with Crippen LogP contribution in [0.15, 0.2) is 23.4 Å². The van der Waals surface area contributed by atoms with Crippen LogP contribution in [-0.2, 0) is 11.3 Å². The summed E-state index contributed by atoms with van der Waals surface area (Å²) in [5.41, 5.74) is 6.72. The smallest absolute Gasteiger partial charge is 0.170 e. The van der Waals surface area contributed by atoms with Crippen LogP contribution in [0.2, 0.25) is 0 Å². The Balaban J connectivity index is 1.99. The minimum absolute atomic E-state index is 0.0807. The molecule has 0 saturated carbocycles. The van der Waals surface area contributed by atoms with Crippen molar-refractivity contribution < 1.29 is 14.3 Å². The molecule has 3 N–H and O–H groups in total. The summed E-state index contributed by atoms with van der Waals surface area (Å²) in [6.45, 7) is 3.23. The van der Waals surface area contributed by atoms with Crippen LogP contribution in [0.25, 0.3) is 0 Å². The molecular formula is C15H22FN3O2. The summed E-state index contributed by atoms with van der Waals surface area (Å²) in [5, 5.41) is 11.6. The number of amidine groups is 1. The van der Waals surface area contributed by atoms with E-state index in [-0.39, 0.29) is 11.7 Å². The van der Waals surface area contributed by atoms with Gasteiger partial charge in [0.25, 0.3) is 0 Å². The first-order chi connectivity index (χ1) is 10.1. The molecule has 0 aliphatic carbocycles.